The van der Waals surface area contributed by atoms with Crippen LogP contribution in [0.1, 0.15) is 23.6 Å². The fourth-order valence-electron chi connectivity index (χ4n) is 3.00. The smallest absolute Gasteiger partial charge is 0.226 e. The van der Waals surface area contributed by atoms with E-state index >= 15 is 0 Å². The van der Waals surface area contributed by atoms with E-state index in [0.29, 0.717) is 22.3 Å². The van der Waals surface area contributed by atoms with Gasteiger partial charge < -0.3 is 5.32 Å². The van der Waals surface area contributed by atoms with E-state index < -0.39 is 0 Å². The Morgan fingerprint density at radius 3 is 2.62 bits per heavy atom. The van der Waals surface area contributed by atoms with Crippen LogP contribution >= 0.6 is 23.2 Å². The minimum atomic E-state index is -0.0912. The first-order valence-electron chi connectivity index (χ1n) is 7.50. The molecule has 1 amide bonds. The normalized spacial score (nSPS) is 16.6. The Balaban J connectivity index is 1.81. The van der Waals surface area contributed by atoms with E-state index in [1.807, 2.05) is 53.1 Å². The van der Waals surface area contributed by atoms with Crippen LogP contribution < -0.4 is 5.32 Å². The Labute approximate surface area is 149 Å². The lowest BCUT2D eigenvalue weighted by Gasteiger charge is -2.23. The number of imidazole rings is 1. The number of carbonyl (C=O) groups is 1. The molecule has 1 unspecified atom stereocenters. The van der Waals surface area contributed by atoms with Gasteiger partial charge in [0.2, 0.25) is 5.91 Å². The van der Waals surface area contributed by atoms with Crippen LogP contribution in [0.15, 0.2) is 54.9 Å². The van der Waals surface area contributed by atoms with Crippen LogP contribution in [-0.2, 0) is 4.79 Å². The molecule has 0 saturated heterocycles. The molecule has 0 saturated carbocycles. The standard InChI is InChI=1S/C18H13Cl2N3O/c19-12-6-4-11(5-7-12)15-9-16(24)22-18-17(15)21-10-23(18)14-3-1-2-13(20)8-14/h1-8,10,15H,9H2,(H,22,24). The third kappa shape index (κ3) is 2.68. The molecule has 0 aliphatic carbocycles. The summed E-state index contributed by atoms with van der Waals surface area (Å²) in [4.78, 5) is 16.8. The minimum absolute atomic E-state index is 0.0359. The first kappa shape index (κ1) is 15.2. The zero-order valence-electron chi connectivity index (χ0n) is 12.5. The van der Waals surface area contributed by atoms with Crippen molar-refractivity contribution in [2.24, 2.45) is 0 Å². The first-order valence-corrected chi connectivity index (χ1v) is 8.26. The van der Waals surface area contributed by atoms with Gasteiger partial charge >= 0.3 is 0 Å². The summed E-state index contributed by atoms with van der Waals surface area (Å²) in [6, 6.07) is 15.0. The average molecular weight is 358 g/mol. The van der Waals surface area contributed by atoms with Gasteiger partial charge in [-0.2, -0.15) is 0 Å². The molecular weight excluding hydrogens is 345 g/mol. The van der Waals surface area contributed by atoms with E-state index in [1.54, 1.807) is 6.33 Å². The highest BCUT2D eigenvalue weighted by Crippen LogP contribution is 2.37. The summed E-state index contributed by atoms with van der Waals surface area (Å²) in [6.45, 7) is 0. The monoisotopic (exact) mass is 357 g/mol. The Hall–Kier alpha value is -2.30. The van der Waals surface area contributed by atoms with Gasteiger partial charge in [-0.25, -0.2) is 4.98 Å². The lowest BCUT2D eigenvalue weighted by Crippen LogP contribution is -2.24. The predicted octanol–water partition coefficient (Wildman–Crippen LogP) is 4.65. The van der Waals surface area contributed by atoms with Crippen LogP contribution in [0.5, 0.6) is 0 Å². The molecule has 1 aliphatic heterocycles. The number of hydrogen-bond donors (Lipinski definition) is 1. The number of nitrogens with zero attached hydrogens (tertiary/aromatic N) is 2. The topological polar surface area (TPSA) is 46.9 Å². The number of amides is 1. The third-order valence-corrected chi connectivity index (χ3v) is 4.62. The SMILES string of the molecule is O=C1CC(c2ccc(Cl)cc2)c2ncn(-c3cccc(Cl)c3)c2N1. The van der Waals surface area contributed by atoms with E-state index in [1.165, 1.54) is 0 Å². The maximum absolute atomic E-state index is 12.2. The van der Waals surface area contributed by atoms with E-state index in [9.17, 15) is 4.79 Å². The maximum Gasteiger partial charge on any atom is 0.226 e. The lowest BCUT2D eigenvalue weighted by molar-refractivity contribution is -0.116. The number of carbonyl (C=O) groups excluding carboxylic acids is 1. The largest absolute Gasteiger partial charge is 0.310 e. The van der Waals surface area contributed by atoms with Crippen LogP contribution in [0.4, 0.5) is 5.82 Å². The zero-order chi connectivity index (χ0) is 16.7. The second-order valence-electron chi connectivity index (χ2n) is 5.68. The molecule has 0 bridgehead atoms. The molecule has 120 valence electrons. The van der Waals surface area contributed by atoms with Crippen LogP contribution in [0, 0.1) is 0 Å². The number of halogens is 2. The van der Waals surface area contributed by atoms with Gasteiger partial charge in [0.1, 0.15) is 12.1 Å². The lowest BCUT2D eigenvalue weighted by atomic mass is 9.90. The molecule has 1 N–H and O–H groups in total. The van der Waals surface area contributed by atoms with Crippen molar-refractivity contribution < 1.29 is 4.79 Å². The van der Waals surface area contributed by atoms with Crippen molar-refractivity contribution in [3.63, 3.8) is 0 Å². The van der Waals surface area contributed by atoms with Crippen LogP contribution in [0.25, 0.3) is 5.69 Å². The van der Waals surface area contributed by atoms with Gasteiger partial charge in [0.25, 0.3) is 0 Å². The highest BCUT2D eigenvalue weighted by atomic mass is 35.5. The van der Waals surface area contributed by atoms with Gasteiger partial charge in [0.05, 0.1) is 5.69 Å². The Morgan fingerprint density at radius 1 is 1.08 bits per heavy atom. The minimum Gasteiger partial charge on any atom is -0.310 e. The Morgan fingerprint density at radius 2 is 1.88 bits per heavy atom. The summed E-state index contributed by atoms with van der Waals surface area (Å²) >= 11 is 12.0. The van der Waals surface area contributed by atoms with Gasteiger partial charge in [-0.1, -0.05) is 41.4 Å². The van der Waals surface area contributed by atoms with Gasteiger partial charge in [-0.3, -0.25) is 9.36 Å². The molecule has 3 aromatic rings. The fraction of sp³-hybridized carbons (Fsp3) is 0.111. The molecule has 1 aliphatic rings. The second-order valence-corrected chi connectivity index (χ2v) is 6.56. The number of benzene rings is 2. The summed E-state index contributed by atoms with van der Waals surface area (Å²) in [5.74, 6) is 0.561. The molecule has 24 heavy (non-hydrogen) atoms. The van der Waals surface area contributed by atoms with Crippen molar-refractivity contribution in [1.29, 1.82) is 0 Å². The predicted molar refractivity (Wildman–Crippen MR) is 95.1 cm³/mol. The summed E-state index contributed by atoms with van der Waals surface area (Å²) in [5.41, 5.74) is 2.72. The summed E-state index contributed by atoms with van der Waals surface area (Å²) in [6.07, 6.45) is 2.08. The second kappa shape index (κ2) is 5.96. The molecule has 2 heterocycles. The van der Waals surface area contributed by atoms with Crippen molar-refractivity contribution in [2.75, 3.05) is 5.32 Å². The molecule has 1 aromatic heterocycles. The number of nitrogens with one attached hydrogen (secondary N) is 1. The van der Waals surface area contributed by atoms with E-state index in [4.69, 9.17) is 23.2 Å². The number of anilines is 1. The average Bonchev–Trinajstić information content (AvgIpc) is 2.98. The van der Waals surface area contributed by atoms with Crippen molar-refractivity contribution >= 4 is 34.9 Å². The molecule has 1 atom stereocenters. The first-order chi connectivity index (χ1) is 11.6. The van der Waals surface area contributed by atoms with Crippen LogP contribution in [0.2, 0.25) is 10.0 Å². The number of aromatic nitrogens is 2. The molecular formula is C18H13Cl2N3O. The van der Waals surface area contributed by atoms with Crippen molar-refractivity contribution in [2.45, 2.75) is 12.3 Å². The molecule has 0 radical (unpaired) electrons. The van der Waals surface area contributed by atoms with Gasteiger partial charge in [-0.15, -0.1) is 0 Å². The molecule has 0 fully saturated rings. The van der Waals surface area contributed by atoms with Gasteiger partial charge in [0.15, 0.2) is 0 Å². The zero-order valence-corrected chi connectivity index (χ0v) is 14.1. The quantitative estimate of drug-likeness (QED) is 0.725. The van der Waals surface area contributed by atoms with Gasteiger partial charge in [-0.05, 0) is 35.9 Å². The Kier molecular flexibility index (Phi) is 3.79. The van der Waals surface area contributed by atoms with E-state index in [-0.39, 0.29) is 11.8 Å². The summed E-state index contributed by atoms with van der Waals surface area (Å²) < 4.78 is 1.85. The number of hydrogen-bond acceptors (Lipinski definition) is 2. The Bertz CT molecular complexity index is 918. The van der Waals surface area contributed by atoms with Crippen molar-refractivity contribution in [3.05, 3.63) is 76.2 Å². The molecule has 4 rings (SSSR count). The van der Waals surface area contributed by atoms with Crippen LogP contribution in [-0.4, -0.2) is 15.5 Å². The van der Waals surface area contributed by atoms with Crippen molar-refractivity contribution in [3.8, 4) is 5.69 Å². The molecule has 0 spiro atoms. The highest BCUT2D eigenvalue weighted by Gasteiger charge is 2.30. The van der Waals surface area contributed by atoms with Gasteiger partial charge in [0, 0.05) is 28.1 Å². The fourth-order valence-corrected chi connectivity index (χ4v) is 3.31. The summed E-state index contributed by atoms with van der Waals surface area (Å²) in [7, 11) is 0. The molecule has 6 heteroatoms. The molecule has 4 nitrogen and oxygen atoms in total. The number of fused-ring (bicyclic) bond motifs is 1. The summed E-state index contributed by atoms with van der Waals surface area (Å²) in [5, 5.41) is 4.23. The molecule has 2 aromatic carbocycles. The van der Waals surface area contributed by atoms with Crippen molar-refractivity contribution in [1.82, 2.24) is 9.55 Å². The highest BCUT2D eigenvalue weighted by molar-refractivity contribution is 6.31. The third-order valence-electron chi connectivity index (χ3n) is 4.13. The van der Waals surface area contributed by atoms with E-state index in [2.05, 4.69) is 10.3 Å². The number of rotatable bonds is 2. The van der Waals surface area contributed by atoms with E-state index in [0.717, 1.165) is 16.9 Å². The maximum atomic E-state index is 12.2. The van der Waals surface area contributed by atoms with Crippen LogP contribution in [0.3, 0.4) is 0 Å².